The van der Waals surface area contributed by atoms with Crippen LogP contribution in [0.15, 0.2) is 24.3 Å². The molecule has 0 radical (unpaired) electrons. The first-order chi connectivity index (χ1) is 15.0. The topological polar surface area (TPSA) is 102 Å². The highest BCUT2D eigenvalue weighted by atomic mass is 16.5. The van der Waals surface area contributed by atoms with Gasteiger partial charge in [-0.05, 0) is 17.9 Å². The molecule has 2 aromatic rings. The van der Waals surface area contributed by atoms with E-state index in [1.54, 1.807) is 6.92 Å². The maximum absolute atomic E-state index is 12.5. The third-order valence-electron chi connectivity index (χ3n) is 4.89. The van der Waals surface area contributed by atoms with Crippen molar-refractivity contribution in [3.8, 4) is 11.4 Å². The number of carbonyl (C=O) groups is 1. The first kappa shape index (κ1) is 25.8. The number of ether oxygens (including phenoxy) is 1. The zero-order chi connectivity index (χ0) is 23.8. The smallest absolute Gasteiger partial charge is 0.220 e. The van der Waals surface area contributed by atoms with Crippen molar-refractivity contribution in [1.82, 2.24) is 31.0 Å². The molecule has 0 spiro atoms. The Bertz CT molecular complexity index is 848. The summed E-state index contributed by atoms with van der Waals surface area (Å²) >= 11 is 0. The van der Waals surface area contributed by atoms with Gasteiger partial charge in [-0.1, -0.05) is 65.8 Å². The lowest BCUT2D eigenvalue weighted by molar-refractivity contribution is -0.124. The molecule has 0 atom stereocenters. The van der Waals surface area contributed by atoms with E-state index in [1.165, 1.54) is 0 Å². The van der Waals surface area contributed by atoms with Crippen LogP contribution in [0.25, 0.3) is 11.4 Å². The fourth-order valence-electron chi connectivity index (χ4n) is 3.05. The minimum absolute atomic E-state index is 0.0127. The fourth-order valence-corrected chi connectivity index (χ4v) is 3.05. The number of nitrogens with zero attached hydrogens (tertiary/aromatic N) is 4. The van der Waals surface area contributed by atoms with E-state index in [9.17, 15) is 4.79 Å². The Labute approximate surface area is 192 Å². The number of aromatic nitrogens is 4. The second-order valence-corrected chi connectivity index (χ2v) is 10.3. The Kier molecular flexibility index (Phi) is 9.21. The second-order valence-electron chi connectivity index (χ2n) is 10.3. The molecule has 2 N–H and O–H groups in total. The van der Waals surface area contributed by atoms with Crippen molar-refractivity contribution in [2.45, 2.75) is 67.5 Å². The molecule has 0 saturated heterocycles. The van der Waals surface area contributed by atoms with Crippen molar-refractivity contribution in [3.05, 3.63) is 35.7 Å². The summed E-state index contributed by atoms with van der Waals surface area (Å²) < 4.78 is 5.98. The summed E-state index contributed by atoms with van der Waals surface area (Å²) in [5.74, 6) is 1.03. The molecule has 0 bridgehead atoms. The Morgan fingerprint density at radius 2 is 1.56 bits per heavy atom. The fraction of sp³-hybridized carbons (Fsp3) is 0.625. The van der Waals surface area contributed by atoms with Crippen LogP contribution in [0, 0.1) is 17.8 Å². The Morgan fingerprint density at radius 1 is 0.969 bits per heavy atom. The minimum Gasteiger partial charge on any atom is -0.380 e. The maximum atomic E-state index is 12.5. The molecule has 32 heavy (non-hydrogen) atoms. The average Bonchev–Trinajstić information content (AvgIpc) is 2.71. The van der Waals surface area contributed by atoms with Crippen LogP contribution in [0.1, 0.15) is 59.4 Å². The molecule has 1 aromatic heterocycles. The highest BCUT2D eigenvalue weighted by molar-refractivity contribution is 5.76. The summed E-state index contributed by atoms with van der Waals surface area (Å²) in [6, 6.07) is 8.16. The largest absolute Gasteiger partial charge is 0.380 e. The summed E-state index contributed by atoms with van der Waals surface area (Å²) in [6.07, 6.45) is 0.407. The standard InChI is InChI=1S/C24H38N6O2/c1-17(2)26-14-24(6,7)16-32-15-23(4,5)12-21(31)25-13-19-8-10-20(11-9-19)22-29-27-18(3)28-30-22/h8-11,17,26H,12-16H2,1-7H3,(H,25,31). The highest BCUT2D eigenvalue weighted by Crippen LogP contribution is 2.23. The number of carbonyl (C=O) groups excluding carboxylic acids is 1. The monoisotopic (exact) mass is 442 g/mol. The molecule has 8 nitrogen and oxygen atoms in total. The lowest BCUT2D eigenvalue weighted by atomic mass is 9.89. The van der Waals surface area contributed by atoms with E-state index in [0.717, 1.165) is 17.7 Å². The Balaban J connectivity index is 1.76. The summed E-state index contributed by atoms with van der Waals surface area (Å²) in [6.45, 7) is 17.1. The Morgan fingerprint density at radius 3 is 2.16 bits per heavy atom. The predicted octanol–water partition coefficient (Wildman–Crippen LogP) is 3.32. The van der Waals surface area contributed by atoms with Crippen LogP contribution in [0.5, 0.6) is 0 Å². The van der Waals surface area contributed by atoms with Gasteiger partial charge < -0.3 is 15.4 Å². The van der Waals surface area contributed by atoms with Gasteiger partial charge in [0.25, 0.3) is 0 Å². The van der Waals surface area contributed by atoms with Crippen LogP contribution in [-0.4, -0.2) is 52.1 Å². The van der Waals surface area contributed by atoms with Gasteiger partial charge in [0.2, 0.25) is 11.7 Å². The van der Waals surface area contributed by atoms with Gasteiger partial charge >= 0.3 is 0 Å². The summed E-state index contributed by atoms with van der Waals surface area (Å²) in [5.41, 5.74) is 1.65. The van der Waals surface area contributed by atoms with Gasteiger partial charge in [0.1, 0.15) is 0 Å². The quantitative estimate of drug-likeness (QED) is 0.520. The van der Waals surface area contributed by atoms with E-state index in [0.29, 0.717) is 43.9 Å². The van der Waals surface area contributed by atoms with Crippen molar-refractivity contribution in [2.75, 3.05) is 19.8 Å². The van der Waals surface area contributed by atoms with Crippen LogP contribution >= 0.6 is 0 Å². The van der Waals surface area contributed by atoms with Gasteiger partial charge in [-0.15, -0.1) is 20.4 Å². The third kappa shape index (κ3) is 9.36. The first-order valence-corrected chi connectivity index (χ1v) is 11.2. The van der Waals surface area contributed by atoms with Crippen LogP contribution < -0.4 is 10.6 Å². The number of aryl methyl sites for hydroxylation is 1. The molecule has 0 fully saturated rings. The number of rotatable bonds is 12. The van der Waals surface area contributed by atoms with E-state index in [2.05, 4.69) is 72.6 Å². The molecule has 0 aliphatic rings. The summed E-state index contributed by atoms with van der Waals surface area (Å²) in [4.78, 5) is 12.5. The predicted molar refractivity (Wildman–Crippen MR) is 126 cm³/mol. The lowest BCUT2D eigenvalue weighted by Gasteiger charge is -2.29. The molecule has 1 amide bonds. The summed E-state index contributed by atoms with van der Waals surface area (Å²) in [5, 5.41) is 22.4. The number of benzene rings is 1. The molecule has 0 aliphatic carbocycles. The first-order valence-electron chi connectivity index (χ1n) is 11.2. The van der Waals surface area contributed by atoms with Gasteiger partial charge in [0.05, 0.1) is 13.2 Å². The van der Waals surface area contributed by atoms with Crippen LogP contribution in [0.2, 0.25) is 0 Å². The van der Waals surface area contributed by atoms with E-state index in [4.69, 9.17) is 4.74 Å². The molecule has 0 aliphatic heterocycles. The lowest BCUT2D eigenvalue weighted by Crippen LogP contribution is -2.38. The number of nitrogens with one attached hydrogen (secondary N) is 2. The normalized spacial score (nSPS) is 12.2. The van der Waals surface area contributed by atoms with Crippen LogP contribution in [0.3, 0.4) is 0 Å². The van der Waals surface area contributed by atoms with E-state index >= 15 is 0 Å². The molecule has 2 rings (SSSR count). The molecule has 176 valence electrons. The van der Waals surface area contributed by atoms with Crippen molar-refractivity contribution in [2.24, 2.45) is 10.8 Å². The molecule has 1 aromatic carbocycles. The maximum Gasteiger partial charge on any atom is 0.220 e. The van der Waals surface area contributed by atoms with Gasteiger partial charge in [0.15, 0.2) is 5.82 Å². The minimum atomic E-state index is -0.238. The molecular weight excluding hydrogens is 404 g/mol. The molecule has 0 unspecified atom stereocenters. The van der Waals surface area contributed by atoms with Gasteiger partial charge in [-0.2, -0.15) is 0 Å². The van der Waals surface area contributed by atoms with Crippen LogP contribution in [-0.2, 0) is 16.1 Å². The second kappa shape index (κ2) is 11.4. The van der Waals surface area contributed by atoms with Gasteiger partial charge in [-0.25, -0.2) is 0 Å². The Hall–Kier alpha value is -2.45. The van der Waals surface area contributed by atoms with Crippen molar-refractivity contribution in [3.63, 3.8) is 0 Å². The third-order valence-corrected chi connectivity index (χ3v) is 4.89. The zero-order valence-corrected chi connectivity index (χ0v) is 20.5. The molecule has 1 heterocycles. The van der Waals surface area contributed by atoms with E-state index < -0.39 is 0 Å². The number of amides is 1. The molecule has 0 saturated carbocycles. The number of hydrogen-bond donors (Lipinski definition) is 2. The molecule has 8 heteroatoms. The summed E-state index contributed by atoms with van der Waals surface area (Å²) in [7, 11) is 0. The van der Waals surface area contributed by atoms with Crippen LogP contribution in [0.4, 0.5) is 0 Å². The van der Waals surface area contributed by atoms with Gasteiger partial charge in [-0.3, -0.25) is 4.79 Å². The zero-order valence-electron chi connectivity index (χ0n) is 20.5. The number of hydrogen-bond acceptors (Lipinski definition) is 7. The average molecular weight is 443 g/mol. The van der Waals surface area contributed by atoms with Gasteiger partial charge in [0, 0.05) is 36.5 Å². The van der Waals surface area contributed by atoms with Crippen molar-refractivity contribution >= 4 is 5.91 Å². The van der Waals surface area contributed by atoms with E-state index in [1.807, 2.05) is 24.3 Å². The highest BCUT2D eigenvalue weighted by Gasteiger charge is 2.25. The molecular formula is C24H38N6O2. The van der Waals surface area contributed by atoms with E-state index in [-0.39, 0.29) is 16.7 Å². The SMILES string of the molecule is Cc1nnc(-c2ccc(CNC(=O)CC(C)(C)COCC(C)(C)CNC(C)C)cc2)nn1. The van der Waals surface area contributed by atoms with Crippen molar-refractivity contribution < 1.29 is 9.53 Å². The van der Waals surface area contributed by atoms with Crippen molar-refractivity contribution in [1.29, 1.82) is 0 Å².